The van der Waals surface area contributed by atoms with E-state index in [1.165, 1.54) is 14.2 Å². The van der Waals surface area contributed by atoms with E-state index in [0.29, 0.717) is 23.6 Å². The van der Waals surface area contributed by atoms with Crippen LogP contribution in [0.5, 0.6) is 11.5 Å². The van der Waals surface area contributed by atoms with Crippen molar-refractivity contribution in [2.75, 3.05) is 23.8 Å². The van der Waals surface area contributed by atoms with Crippen molar-refractivity contribution in [1.82, 2.24) is 0 Å². The molecule has 2 aromatic carbocycles. The number of carbonyl (C=O) groups is 1. The van der Waals surface area contributed by atoms with Gasteiger partial charge in [0.05, 0.1) is 24.8 Å². The van der Waals surface area contributed by atoms with Gasteiger partial charge in [-0.2, -0.15) is 0 Å². The highest BCUT2D eigenvalue weighted by molar-refractivity contribution is 7.92. The molecule has 1 N–H and O–H groups in total. The van der Waals surface area contributed by atoms with Gasteiger partial charge in [-0.3, -0.25) is 9.52 Å². The van der Waals surface area contributed by atoms with Gasteiger partial charge in [-0.05, 0) is 62.1 Å². The molecular weight excluding hydrogens is 404 g/mol. The van der Waals surface area contributed by atoms with Crippen LogP contribution in [0.15, 0.2) is 41.3 Å². The summed E-state index contributed by atoms with van der Waals surface area (Å²) in [7, 11) is -0.858. The fourth-order valence-electron chi connectivity index (χ4n) is 4.06. The number of sulfonamides is 1. The van der Waals surface area contributed by atoms with Crippen molar-refractivity contribution in [3.63, 3.8) is 0 Å². The highest BCUT2D eigenvalue weighted by Crippen LogP contribution is 2.39. The lowest BCUT2D eigenvalue weighted by molar-refractivity contribution is -0.125. The number of hydrogen-bond donors (Lipinski definition) is 1. The van der Waals surface area contributed by atoms with Gasteiger partial charge in [0, 0.05) is 23.7 Å². The molecular formula is C22H26N2O5S. The molecule has 1 fully saturated rings. The zero-order valence-electron chi connectivity index (χ0n) is 17.3. The Labute approximate surface area is 177 Å². The largest absolute Gasteiger partial charge is 0.497 e. The van der Waals surface area contributed by atoms with Gasteiger partial charge in [-0.1, -0.05) is 6.42 Å². The zero-order valence-corrected chi connectivity index (χ0v) is 18.2. The fraction of sp³-hybridized carbons (Fsp3) is 0.409. The van der Waals surface area contributed by atoms with Crippen LogP contribution in [0.25, 0.3) is 0 Å². The normalized spacial score (nSPS) is 18.5. The van der Waals surface area contributed by atoms with E-state index < -0.39 is 10.0 Å². The van der Waals surface area contributed by atoms with Crippen LogP contribution in [0.1, 0.15) is 31.7 Å². The predicted molar refractivity (Wildman–Crippen MR) is 115 cm³/mol. The van der Waals surface area contributed by atoms with Crippen LogP contribution in [0, 0.1) is 5.92 Å². The number of benzene rings is 2. The van der Waals surface area contributed by atoms with Crippen molar-refractivity contribution < 1.29 is 22.7 Å². The van der Waals surface area contributed by atoms with E-state index in [1.807, 2.05) is 11.8 Å². The van der Waals surface area contributed by atoms with Gasteiger partial charge in [-0.15, -0.1) is 0 Å². The van der Waals surface area contributed by atoms with Crippen LogP contribution in [0.3, 0.4) is 0 Å². The van der Waals surface area contributed by atoms with E-state index in [-0.39, 0.29) is 22.8 Å². The molecule has 160 valence electrons. The Bertz CT molecular complexity index is 1080. The van der Waals surface area contributed by atoms with Crippen molar-refractivity contribution in [1.29, 1.82) is 0 Å². The lowest BCUT2D eigenvalue weighted by Gasteiger charge is -2.32. The molecule has 30 heavy (non-hydrogen) atoms. The number of nitrogens with zero attached hydrogens (tertiary/aromatic N) is 1. The van der Waals surface area contributed by atoms with Gasteiger partial charge in [0.1, 0.15) is 11.5 Å². The summed E-state index contributed by atoms with van der Waals surface area (Å²) in [6, 6.07) is 9.89. The maximum absolute atomic E-state index is 13.0. The second-order valence-corrected chi connectivity index (χ2v) is 9.53. The molecule has 1 saturated carbocycles. The molecule has 0 aromatic heterocycles. The molecule has 7 nitrogen and oxygen atoms in total. The summed E-state index contributed by atoms with van der Waals surface area (Å²) in [6.45, 7) is 2.00. The SMILES string of the molecule is COc1ccc(OC)c(NS(=O)(=O)c2ccc3c(c2)C[C@H](C)N3C(=O)C2CCC2)c1. The first-order chi connectivity index (χ1) is 14.3. The number of carbonyl (C=O) groups excluding carboxylic acids is 1. The van der Waals surface area contributed by atoms with E-state index in [1.54, 1.807) is 36.4 Å². The van der Waals surface area contributed by atoms with Crippen LogP contribution in [-0.4, -0.2) is 34.6 Å². The third kappa shape index (κ3) is 3.60. The Morgan fingerprint density at radius 1 is 1.10 bits per heavy atom. The average Bonchev–Trinajstić information content (AvgIpc) is 3.01. The molecule has 1 atom stereocenters. The maximum Gasteiger partial charge on any atom is 0.262 e. The van der Waals surface area contributed by atoms with Crippen molar-refractivity contribution in [3.8, 4) is 11.5 Å². The lowest BCUT2D eigenvalue weighted by Crippen LogP contribution is -2.42. The minimum Gasteiger partial charge on any atom is -0.497 e. The zero-order chi connectivity index (χ0) is 21.5. The molecule has 4 rings (SSSR count). The van der Waals surface area contributed by atoms with Gasteiger partial charge in [-0.25, -0.2) is 8.42 Å². The van der Waals surface area contributed by atoms with E-state index in [0.717, 1.165) is 30.5 Å². The summed E-state index contributed by atoms with van der Waals surface area (Å²) in [5.41, 5.74) is 1.99. The number of fused-ring (bicyclic) bond motifs is 1. The first kappa shape index (κ1) is 20.5. The van der Waals surface area contributed by atoms with Gasteiger partial charge >= 0.3 is 0 Å². The smallest absolute Gasteiger partial charge is 0.262 e. The second kappa shape index (κ2) is 7.83. The van der Waals surface area contributed by atoms with E-state index in [2.05, 4.69) is 4.72 Å². The first-order valence-corrected chi connectivity index (χ1v) is 11.5. The maximum atomic E-state index is 13.0. The third-order valence-corrected chi connectivity index (χ3v) is 7.28. The molecule has 1 aliphatic carbocycles. The summed E-state index contributed by atoms with van der Waals surface area (Å²) < 4.78 is 39.1. The number of nitrogens with one attached hydrogen (secondary N) is 1. The van der Waals surface area contributed by atoms with E-state index >= 15 is 0 Å². The predicted octanol–water partition coefficient (Wildman–Crippen LogP) is 3.58. The fourth-order valence-corrected chi connectivity index (χ4v) is 5.17. The van der Waals surface area contributed by atoms with Crippen LogP contribution in [0.2, 0.25) is 0 Å². The summed E-state index contributed by atoms with van der Waals surface area (Å²) in [6.07, 6.45) is 3.62. The molecule has 0 bridgehead atoms. The van der Waals surface area contributed by atoms with Crippen LogP contribution >= 0.6 is 0 Å². The van der Waals surface area contributed by atoms with Gasteiger partial charge in [0.2, 0.25) is 5.91 Å². The average molecular weight is 431 g/mol. The number of methoxy groups -OCH3 is 2. The lowest BCUT2D eigenvalue weighted by atomic mass is 9.84. The summed E-state index contributed by atoms with van der Waals surface area (Å²) >= 11 is 0. The Morgan fingerprint density at radius 2 is 1.87 bits per heavy atom. The van der Waals surface area contributed by atoms with Crippen LogP contribution in [0.4, 0.5) is 11.4 Å². The van der Waals surface area contributed by atoms with Crippen molar-refractivity contribution in [2.45, 2.75) is 43.5 Å². The van der Waals surface area contributed by atoms with Gasteiger partial charge in [0.15, 0.2) is 0 Å². The monoisotopic (exact) mass is 430 g/mol. The molecule has 0 spiro atoms. The molecule has 2 aliphatic rings. The first-order valence-electron chi connectivity index (χ1n) is 10.0. The van der Waals surface area contributed by atoms with Gasteiger partial charge < -0.3 is 14.4 Å². The minimum atomic E-state index is -3.85. The third-order valence-electron chi connectivity index (χ3n) is 5.92. The van der Waals surface area contributed by atoms with Gasteiger partial charge in [0.25, 0.3) is 10.0 Å². The molecule has 2 aromatic rings. The van der Waals surface area contributed by atoms with Crippen LogP contribution < -0.4 is 19.1 Å². The molecule has 0 unspecified atom stereocenters. The summed E-state index contributed by atoms with van der Waals surface area (Å²) in [4.78, 5) is 14.8. The molecule has 0 radical (unpaired) electrons. The van der Waals surface area contributed by atoms with Crippen LogP contribution in [-0.2, 0) is 21.2 Å². The molecule has 1 amide bonds. The molecule has 1 aliphatic heterocycles. The Kier molecular flexibility index (Phi) is 5.36. The highest BCUT2D eigenvalue weighted by atomic mass is 32.2. The number of ether oxygens (including phenoxy) is 2. The molecule has 0 saturated heterocycles. The van der Waals surface area contributed by atoms with E-state index in [4.69, 9.17) is 9.47 Å². The Balaban J connectivity index is 1.62. The number of hydrogen-bond acceptors (Lipinski definition) is 5. The minimum absolute atomic E-state index is 0.0255. The van der Waals surface area contributed by atoms with Crippen molar-refractivity contribution in [3.05, 3.63) is 42.0 Å². The summed E-state index contributed by atoms with van der Waals surface area (Å²) in [5.74, 6) is 1.17. The van der Waals surface area contributed by atoms with Crippen molar-refractivity contribution in [2.24, 2.45) is 5.92 Å². The Hall–Kier alpha value is -2.74. The number of anilines is 2. The van der Waals surface area contributed by atoms with Crippen molar-refractivity contribution >= 4 is 27.3 Å². The Morgan fingerprint density at radius 3 is 2.50 bits per heavy atom. The molecule has 8 heteroatoms. The second-order valence-electron chi connectivity index (χ2n) is 7.85. The highest BCUT2D eigenvalue weighted by Gasteiger charge is 2.37. The number of amides is 1. The molecule has 1 heterocycles. The topological polar surface area (TPSA) is 84.9 Å². The number of rotatable bonds is 6. The van der Waals surface area contributed by atoms with E-state index in [9.17, 15) is 13.2 Å². The quantitative estimate of drug-likeness (QED) is 0.757. The summed E-state index contributed by atoms with van der Waals surface area (Å²) in [5, 5.41) is 0. The standard InChI is InChI=1S/C22H26N2O5S/c1-14-11-16-12-18(8-9-20(16)24(14)22(25)15-5-4-6-15)30(26,27)23-19-13-17(28-2)7-10-21(19)29-3/h7-10,12-15,23H,4-6,11H2,1-3H3/t14-/m0/s1.